The highest BCUT2D eigenvalue weighted by molar-refractivity contribution is 7.79. The largest absolute Gasteiger partial charge is 0.495 e. The average molecular weight is 366 g/mol. The van der Waals surface area contributed by atoms with Crippen LogP contribution in [0.2, 0.25) is 0 Å². The summed E-state index contributed by atoms with van der Waals surface area (Å²) in [5, 5.41) is 10.2. The fourth-order valence-corrected chi connectivity index (χ4v) is 4.13. The van der Waals surface area contributed by atoms with Crippen molar-refractivity contribution in [3.63, 3.8) is 0 Å². The van der Waals surface area contributed by atoms with Gasteiger partial charge >= 0.3 is 0 Å². The number of aromatic nitrogens is 2. The lowest BCUT2D eigenvalue weighted by atomic mass is 10.1. The fraction of sp³-hybridized carbons (Fsp3) is 0.312. The number of aliphatic hydroxyl groups is 1. The maximum atomic E-state index is 11.6. The molecular weight excluding hydrogens is 348 g/mol. The Morgan fingerprint density at radius 1 is 1.38 bits per heavy atom. The van der Waals surface area contributed by atoms with Crippen LogP contribution in [0.1, 0.15) is 24.4 Å². The summed E-state index contributed by atoms with van der Waals surface area (Å²) in [6.07, 6.45) is 1.86. The number of nitrogens with zero attached hydrogens (tertiary/aromatic N) is 2. The Balaban J connectivity index is 2.22. The van der Waals surface area contributed by atoms with Crippen molar-refractivity contribution in [2.75, 3.05) is 7.11 Å². The van der Waals surface area contributed by atoms with Crippen molar-refractivity contribution < 1.29 is 18.6 Å². The monoisotopic (exact) mass is 366 g/mol. The van der Waals surface area contributed by atoms with E-state index in [1.807, 2.05) is 23.6 Å². The Hall–Kier alpha value is -1.74. The first-order valence-corrected chi connectivity index (χ1v) is 9.15. The zero-order valence-electron chi connectivity index (χ0n) is 13.7. The number of benzene rings is 1. The molecule has 0 bridgehead atoms. The molecule has 0 aliphatic heterocycles. The van der Waals surface area contributed by atoms with E-state index in [0.717, 1.165) is 26.8 Å². The van der Waals surface area contributed by atoms with Gasteiger partial charge in [0.25, 0.3) is 0 Å². The third-order valence-electron chi connectivity index (χ3n) is 3.73. The number of aryl methyl sites for hydroxylation is 1. The van der Waals surface area contributed by atoms with Crippen LogP contribution in [0, 0.1) is 6.92 Å². The molecule has 1 atom stereocenters. The van der Waals surface area contributed by atoms with E-state index < -0.39 is 16.7 Å². The fourth-order valence-electron chi connectivity index (χ4n) is 2.55. The van der Waals surface area contributed by atoms with Crippen LogP contribution in [-0.2, 0) is 16.7 Å². The molecule has 128 valence electrons. The Labute approximate surface area is 146 Å². The van der Waals surface area contributed by atoms with Crippen LogP contribution in [-0.4, -0.2) is 30.4 Å². The van der Waals surface area contributed by atoms with Gasteiger partial charge in [-0.3, -0.25) is 4.40 Å². The number of rotatable bonds is 4. The third-order valence-corrected chi connectivity index (χ3v) is 5.72. The number of fused-ring (bicyclic) bond motifs is 1. The van der Waals surface area contributed by atoms with Crippen LogP contribution < -0.4 is 4.74 Å². The Kier molecular flexibility index (Phi) is 4.25. The summed E-state index contributed by atoms with van der Waals surface area (Å²) in [7, 11) is 1.46. The molecule has 2 aromatic heterocycles. The molecule has 3 rings (SSSR count). The Bertz CT molecular complexity index is 938. The molecule has 0 fully saturated rings. The lowest BCUT2D eigenvalue weighted by Gasteiger charge is -2.13. The summed E-state index contributed by atoms with van der Waals surface area (Å²) in [4.78, 5) is 6.31. The smallest absolute Gasteiger partial charge is 0.194 e. The van der Waals surface area contributed by atoms with Gasteiger partial charge in [-0.25, -0.2) is 9.19 Å². The van der Waals surface area contributed by atoms with Gasteiger partial charge in [-0.1, -0.05) is 11.3 Å². The van der Waals surface area contributed by atoms with E-state index in [1.54, 1.807) is 26.0 Å². The molecule has 2 N–H and O–H groups in total. The highest BCUT2D eigenvalue weighted by atomic mass is 32.2. The number of ether oxygens (including phenoxy) is 1. The second-order valence-electron chi connectivity index (χ2n) is 5.97. The van der Waals surface area contributed by atoms with Gasteiger partial charge in [0.2, 0.25) is 0 Å². The molecule has 8 heteroatoms. The van der Waals surface area contributed by atoms with Crippen LogP contribution in [0.5, 0.6) is 5.75 Å². The van der Waals surface area contributed by atoms with E-state index >= 15 is 0 Å². The van der Waals surface area contributed by atoms with Gasteiger partial charge in [0.15, 0.2) is 16.0 Å². The van der Waals surface area contributed by atoms with Crippen LogP contribution in [0.25, 0.3) is 16.2 Å². The second kappa shape index (κ2) is 5.96. The predicted molar refractivity (Wildman–Crippen MR) is 94.1 cm³/mol. The maximum absolute atomic E-state index is 11.6. The van der Waals surface area contributed by atoms with E-state index in [-0.39, 0.29) is 4.90 Å². The number of hydrogen-bond acceptors (Lipinski definition) is 5. The number of hydrogen-bond donors (Lipinski definition) is 2. The lowest BCUT2D eigenvalue weighted by molar-refractivity contribution is 0.0822. The highest BCUT2D eigenvalue weighted by Gasteiger charge is 2.23. The van der Waals surface area contributed by atoms with Crippen LogP contribution >= 0.6 is 11.3 Å². The van der Waals surface area contributed by atoms with E-state index in [0.29, 0.717) is 5.75 Å². The first-order chi connectivity index (χ1) is 11.2. The molecule has 6 nitrogen and oxygen atoms in total. The summed E-state index contributed by atoms with van der Waals surface area (Å²) < 4.78 is 28.1. The molecule has 0 saturated heterocycles. The molecular formula is C16H18N2O4S2. The molecule has 1 unspecified atom stereocenters. The molecule has 0 amide bonds. The normalized spacial score (nSPS) is 13.4. The topological polar surface area (TPSA) is 84.1 Å². The van der Waals surface area contributed by atoms with E-state index in [2.05, 4.69) is 4.98 Å². The van der Waals surface area contributed by atoms with Crippen molar-refractivity contribution in [2.24, 2.45) is 0 Å². The van der Waals surface area contributed by atoms with Crippen molar-refractivity contribution in [3.05, 3.63) is 35.0 Å². The predicted octanol–water partition coefficient (Wildman–Crippen LogP) is 3.19. The minimum Gasteiger partial charge on any atom is -0.495 e. The van der Waals surface area contributed by atoms with Crippen molar-refractivity contribution in [2.45, 2.75) is 31.3 Å². The first kappa shape index (κ1) is 17.1. The third kappa shape index (κ3) is 2.86. The first-order valence-electron chi connectivity index (χ1n) is 7.23. The molecule has 0 radical (unpaired) electrons. The standard InChI is InChI=1S/C16H18N2O4S2/c1-9-14(10-5-6-11(22-4)12(7-10)24(20)21)18-8-13(16(2,3)19)23-15(18)17-9/h5-8,19H,1-4H3,(H,20,21). The molecule has 0 aliphatic carbocycles. The van der Waals surface area contributed by atoms with Gasteiger partial charge in [-0.15, -0.1) is 0 Å². The van der Waals surface area contributed by atoms with Gasteiger partial charge < -0.3 is 14.4 Å². The summed E-state index contributed by atoms with van der Waals surface area (Å²) in [6.45, 7) is 5.34. The van der Waals surface area contributed by atoms with E-state index in [4.69, 9.17) is 4.74 Å². The van der Waals surface area contributed by atoms with Crippen LogP contribution in [0.15, 0.2) is 29.3 Å². The minimum atomic E-state index is -2.15. The van der Waals surface area contributed by atoms with Crippen LogP contribution in [0.3, 0.4) is 0 Å². The van der Waals surface area contributed by atoms with E-state index in [1.165, 1.54) is 18.4 Å². The van der Waals surface area contributed by atoms with Crippen molar-refractivity contribution in [1.29, 1.82) is 0 Å². The average Bonchev–Trinajstić information content (AvgIpc) is 3.02. The highest BCUT2D eigenvalue weighted by Crippen LogP contribution is 2.35. The van der Waals surface area contributed by atoms with Gasteiger partial charge in [-0.05, 0) is 39.0 Å². The summed E-state index contributed by atoms with van der Waals surface area (Å²) in [5.41, 5.74) is 1.45. The Morgan fingerprint density at radius 2 is 2.08 bits per heavy atom. The number of thiazole rings is 1. The molecule has 1 aromatic carbocycles. The molecule has 0 aliphatic rings. The summed E-state index contributed by atoms with van der Waals surface area (Å²) in [6, 6.07) is 5.13. The SMILES string of the molecule is COc1ccc(-c2c(C)nc3sc(C(C)(C)O)cn23)cc1S(=O)O. The molecule has 0 saturated carbocycles. The quantitative estimate of drug-likeness (QED) is 0.693. The molecule has 0 spiro atoms. The van der Waals surface area contributed by atoms with Crippen molar-refractivity contribution in [3.8, 4) is 17.0 Å². The van der Waals surface area contributed by atoms with Crippen molar-refractivity contribution >= 4 is 27.4 Å². The molecule has 2 heterocycles. The van der Waals surface area contributed by atoms with Crippen LogP contribution in [0.4, 0.5) is 0 Å². The molecule has 24 heavy (non-hydrogen) atoms. The lowest BCUT2D eigenvalue weighted by Crippen LogP contribution is -2.13. The van der Waals surface area contributed by atoms with Crippen molar-refractivity contribution in [1.82, 2.24) is 9.38 Å². The number of methoxy groups -OCH3 is 1. The van der Waals surface area contributed by atoms with E-state index in [9.17, 15) is 13.9 Å². The zero-order valence-corrected chi connectivity index (χ0v) is 15.4. The van der Waals surface area contributed by atoms with Gasteiger partial charge in [0, 0.05) is 11.8 Å². The number of imidazole rings is 1. The Morgan fingerprint density at radius 3 is 2.67 bits per heavy atom. The zero-order chi connectivity index (χ0) is 17.6. The minimum absolute atomic E-state index is 0.210. The van der Waals surface area contributed by atoms with Gasteiger partial charge in [0.1, 0.15) is 10.6 Å². The molecule has 3 aromatic rings. The summed E-state index contributed by atoms with van der Waals surface area (Å²) >= 11 is -0.734. The maximum Gasteiger partial charge on any atom is 0.194 e. The second-order valence-corrected chi connectivity index (χ2v) is 7.91. The summed E-state index contributed by atoms with van der Waals surface area (Å²) in [5.74, 6) is 0.362. The van der Waals surface area contributed by atoms with Gasteiger partial charge in [0.05, 0.1) is 29.0 Å². The van der Waals surface area contributed by atoms with Gasteiger partial charge in [-0.2, -0.15) is 0 Å².